The molecule has 0 radical (unpaired) electrons. The van der Waals surface area contributed by atoms with E-state index in [0.29, 0.717) is 5.69 Å². The fourth-order valence-electron chi connectivity index (χ4n) is 1.09. The number of hydrogen-bond acceptors (Lipinski definition) is 3. The van der Waals surface area contributed by atoms with Crippen LogP contribution in [0.3, 0.4) is 0 Å². The van der Waals surface area contributed by atoms with Crippen molar-refractivity contribution in [1.29, 1.82) is 5.39 Å². The van der Waals surface area contributed by atoms with Crippen LogP contribution < -0.4 is 29.7 Å². The first-order valence-electron chi connectivity index (χ1n) is 3.89. The molecule has 0 heterocycles. The Morgan fingerprint density at radius 2 is 1.81 bits per heavy atom. The molecular formula is C9H12Cl2N3SZn+. The number of diazo groups is 1. The summed E-state index contributed by atoms with van der Waals surface area (Å²) in [5.74, 6) is 0. The number of hydrogen-bond donors (Lipinski definition) is 0. The molecular weight excluding hydrogens is 318 g/mol. The summed E-state index contributed by atoms with van der Waals surface area (Å²) in [4.78, 5) is 6.26. The zero-order valence-corrected chi connectivity index (χ0v) is 14.7. The van der Waals surface area contributed by atoms with E-state index in [1.807, 2.05) is 43.5 Å². The number of thioether (sulfide) groups is 1. The number of halogens is 2. The molecule has 16 heavy (non-hydrogen) atoms. The Hall–Kier alpha value is -0.00662. The molecule has 0 aliphatic heterocycles. The van der Waals surface area contributed by atoms with Crippen LogP contribution in [0.2, 0.25) is 0 Å². The summed E-state index contributed by atoms with van der Waals surface area (Å²) in [6.07, 6.45) is 1.99. The summed E-state index contributed by atoms with van der Waals surface area (Å²) >= 11 is 1.63. The van der Waals surface area contributed by atoms with Crippen molar-refractivity contribution in [2.45, 2.75) is 4.90 Å². The van der Waals surface area contributed by atoms with Crippen LogP contribution in [0.15, 0.2) is 23.1 Å². The second-order valence-electron chi connectivity index (χ2n) is 2.85. The molecule has 0 aliphatic rings. The third kappa shape index (κ3) is 5.36. The smallest absolute Gasteiger partial charge is 1.00 e. The Bertz CT molecular complexity index is 355. The molecule has 0 N–H and O–H groups in total. The van der Waals surface area contributed by atoms with Crippen molar-refractivity contribution >= 4 is 23.1 Å². The molecule has 0 spiro atoms. The average molecular weight is 331 g/mol. The fraction of sp³-hybridized carbons (Fsp3) is 0.333. The van der Waals surface area contributed by atoms with Crippen LogP contribution >= 0.6 is 11.8 Å². The predicted molar refractivity (Wildman–Crippen MR) is 57.3 cm³/mol. The number of benzene rings is 1. The van der Waals surface area contributed by atoms with E-state index in [9.17, 15) is 0 Å². The molecule has 0 bridgehead atoms. The first-order valence-corrected chi connectivity index (χ1v) is 5.12. The summed E-state index contributed by atoms with van der Waals surface area (Å²) < 4.78 is 0. The molecule has 0 unspecified atom stereocenters. The van der Waals surface area contributed by atoms with Crippen LogP contribution in [0.1, 0.15) is 0 Å². The Balaban J connectivity index is -0.000000563. The van der Waals surface area contributed by atoms with Crippen LogP contribution in [-0.2, 0) is 19.5 Å². The van der Waals surface area contributed by atoms with E-state index < -0.39 is 0 Å². The maximum atomic E-state index is 8.78. The second-order valence-corrected chi connectivity index (χ2v) is 3.73. The SMILES string of the molecule is CSc1ccc(N(C)C)c([N+]#N)c1.[Cl-].[Cl-].[Zn+2]. The Morgan fingerprint density at radius 3 is 2.19 bits per heavy atom. The molecule has 84 valence electrons. The van der Waals surface area contributed by atoms with Gasteiger partial charge in [0.25, 0.3) is 0 Å². The Kier molecular flexibility index (Phi) is 13.5. The first kappa shape index (κ1) is 21.3. The summed E-state index contributed by atoms with van der Waals surface area (Å²) in [5.41, 5.74) is 1.53. The minimum atomic E-state index is 0. The van der Waals surface area contributed by atoms with E-state index in [4.69, 9.17) is 5.39 Å². The van der Waals surface area contributed by atoms with Crippen LogP contribution in [0.25, 0.3) is 4.98 Å². The molecule has 0 saturated carbocycles. The van der Waals surface area contributed by atoms with E-state index in [-0.39, 0.29) is 44.3 Å². The third-order valence-electron chi connectivity index (χ3n) is 1.77. The van der Waals surface area contributed by atoms with Crippen molar-refractivity contribution in [2.75, 3.05) is 25.3 Å². The molecule has 1 rings (SSSR count). The number of nitrogens with zero attached hydrogens (tertiary/aromatic N) is 3. The van der Waals surface area contributed by atoms with Gasteiger partial charge in [0.05, 0.1) is 0 Å². The topological polar surface area (TPSA) is 31.4 Å². The molecule has 0 aromatic heterocycles. The van der Waals surface area contributed by atoms with E-state index >= 15 is 0 Å². The zero-order chi connectivity index (χ0) is 9.84. The Morgan fingerprint density at radius 1 is 1.25 bits per heavy atom. The van der Waals surface area contributed by atoms with Crippen molar-refractivity contribution in [2.24, 2.45) is 0 Å². The maximum Gasteiger partial charge on any atom is 2.00 e. The van der Waals surface area contributed by atoms with Crippen LogP contribution in [0.5, 0.6) is 0 Å². The van der Waals surface area contributed by atoms with Crippen molar-refractivity contribution in [3.8, 4) is 0 Å². The van der Waals surface area contributed by atoms with E-state index in [1.165, 1.54) is 0 Å². The van der Waals surface area contributed by atoms with Crippen molar-refractivity contribution in [3.05, 3.63) is 23.2 Å². The van der Waals surface area contributed by atoms with Gasteiger partial charge in [0.15, 0.2) is 4.98 Å². The zero-order valence-electron chi connectivity index (χ0n) is 9.44. The summed E-state index contributed by atoms with van der Waals surface area (Å²) in [6, 6.07) is 5.82. The van der Waals surface area contributed by atoms with Gasteiger partial charge in [-0.05, 0) is 18.4 Å². The number of anilines is 1. The van der Waals surface area contributed by atoms with Crippen LogP contribution in [-0.4, -0.2) is 20.4 Å². The quantitative estimate of drug-likeness (QED) is 0.328. The normalized spacial score (nSPS) is 7.62. The molecule has 0 atom stereocenters. The van der Waals surface area contributed by atoms with Crippen LogP contribution in [0, 0.1) is 5.39 Å². The van der Waals surface area contributed by atoms with Crippen molar-refractivity contribution in [1.82, 2.24) is 0 Å². The van der Waals surface area contributed by atoms with Crippen molar-refractivity contribution in [3.63, 3.8) is 0 Å². The van der Waals surface area contributed by atoms with Gasteiger partial charge >= 0.3 is 25.2 Å². The van der Waals surface area contributed by atoms with Gasteiger partial charge in [-0.15, -0.1) is 11.8 Å². The second kappa shape index (κ2) is 10.2. The van der Waals surface area contributed by atoms with Crippen LogP contribution in [0.4, 0.5) is 11.4 Å². The van der Waals surface area contributed by atoms with Gasteiger partial charge < -0.3 is 29.7 Å². The molecule has 0 saturated heterocycles. The third-order valence-corrected chi connectivity index (χ3v) is 2.50. The standard InChI is InChI=1S/C9H12N3S.2ClH.Zn/c1-12(2)9-5-4-7(13-3)6-8(9)11-10;;;/h4-6H,1-3H3;2*1H;/q+1;;;+2/p-2. The van der Waals surface area contributed by atoms with Gasteiger partial charge in [0, 0.05) is 25.1 Å². The Labute approximate surface area is 126 Å². The summed E-state index contributed by atoms with van der Waals surface area (Å²) in [7, 11) is 3.84. The molecule has 1 aromatic rings. The van der Waals surface area contributed by atoms with Crippen molar-refractivity contribution < 1.29 is 44.3 Å². The molecule has 7 heteroatoms. The van der Waals surface area contributed by atoms with Gasteiger partial charge in [-0.1, -0.05) is 0 Å². The monoisotopic (exact) mass is 328 g/mol. The van der Waals surface area contributed by atoms with Gasteiger partial charge in [-0.2, -0.15) is 0 Å². The van der Waals surface area contributed by atoms with Gasteiger partial charge in [0.2, 0.25) is 5.39 Å². The van der Waals surface area contributed by atoms with Gasteiger partial charge in [0.1, 0.15) is 5.69 Å². The summed E-state index contributed by atoms with van der Waals surface area (Å²) in [6.45, 7) is 0. The summed E-state index contributed by atoms with van der Waals surface area (Å²) in [5, 5.41) is 8.78. The minimum absolute atomic E-state index is 0. The average Bonchev–Trinajstić information content (AvgIpc) is 2.16. The molecule has 0 amide bonds. The maximum absolute atomic E-state index is 8.78. The minimum Gasteiger partial charge on any atom is -1.00 e. The van der Waals surface area contributed by atoms with E-state index in [1.54, 1.807) is 11.8 Å². The molecule has 0 aliphatic carbocycles. The molecule has 0 fully saturated rings. The largest absolute Gasteiger partial charge is 2.00 e. The first-order chi connectivity index (χ1) is 6.19. The fourth-order valence-corrected chi connectivity index (χ4v) is 1.52. The number of rotatable bonds is 2. The van der Waals surface area contributed by atoms with Gasteiger partial charge in [-0.25, -0.2) is 0 Å². The molecule has 1 aromatic carbocycles. The van der Waals surface area contributed by atoms with Gasteiger partial charge in [-0.3, -0.25) is 0 Å². The predicted octanol–water partition coefficient (Wildman–Crippen LogP) is -3.04. The molecule has 3 nitrogen and oxygen atoms in total. The van der Waals surface area contributed by atoms with E-state index in [0.717, 1.165) is 10.6 Å². The van der Waals surface area contributed by atoms with E-state index in [2.05, 4.69) is 4.98 Å².